The summed E-state index contributed by atoms with van der Waals surface area (Å²) in [6, 6.07) is 5.19. The zero-order valence-corrected chi connectivity index (χ0v) is 7.07. The van der Waals surface area contributed by atoms with Crippen LogP contribution in [0.3, 0.4) is 0 Å². The molecule has 0 unspecified atom stereocenters. The lowest BCUT2D eigenvalue weighted by molar-refractivity contribution is 0.528. The Bertz CT molecular complexity index is 498. The zero-order chi connectivity index (χ0) is 9.42. The molecule has 2 rings (SSSR count). The molecule has 68 valence electrons. The lowest BCUT2D eigenvalue weighted by Gasteiger charge is -1.98. The molecule has 0 fully saturated rings. The second kappa shape index (κ2) is 2.63. The molecule has 0 bridgehead atoms. The normalized spacial score (nSPS) is 10.6. The quantitative estimate of drug-likeness (QED) is 0.491. The predicted octanol–water partition coefficient (Wildman–Crippen LogP) is 0.417. The molecule has 0 aliphatic rings. The summed E-state index contributed by atoms with van der Waals surface area (Å²) in [5, 5.41) is 0. The van der Waals surface area contributed by atoms with Gasteiger partial charge < -0.3 is 9.84 Å². The number of benzene rings is 1. The van der Waals surface area contributed by atoms with Crippen LogP contribution in [0.25, 0.3) is 11.1 Å². The van der Waals surface area contributed by atoms with Crippen molar-refractivity contribution in [1.82, 2.24) is 4.57 Å². The fourth-order valence-electron chi connectivity index (χ4n) is 1.22. The van der Waals surface area contributed by atoms with E-state index >= 15 is 0 Å². The Morgan fingerprint density at radius 3 is 3.00 bits per heavy atom. The third-order valence-electron chi connectivity index (χ3n) is 1.96. The largest absolute Gasteiger partial charge is 0.419 e. The van der Waals surface area contributed by atoms with Crippen molar-refractivity contribution in [3.63, 3.8) is 0 Å². The maximum Gasteiger partial charge on any atom is 0.419 e. The van der Waals surface area contributed by atoms with Crippen molar-refractivity contribution >= 4 is 16.8 Å². The van der Waals surface area contributed by atoms with Gasteiger partial charge in [-0.25, -0.2) is 4.79 Å². The van der Waals surface area contributed by atoms with Gasteiger partial charge >= 0.3 is 5.76 Å². The van der Waals surface area contributed by atoms with Crippen LogP contribution in [0, 0.1) is 0 Å². The molecule has 1 heterocycles. The average molecular weight is 179 g/mol. The van der Waals surface area contributed by atoms with Gasteiger partial charge in [-0.1, -0.05) is 0 Å². The van der Waals surface area contributed by atoms with Gasteiger partial charge in [0.05, 0.1) is 11.2 Å². The van der Waals surface area contributed by atoms with Gasteiger partial charge in [0.15, 0.2) is 5.58 Å². The Morgan fingerprint density at radius 1 is 1.54 bits per heavy atom. The van der Waals surface area contributed by atoms with Crippen molar-refractivity contribution in [3.8, 4) is 0 Å². The maximum absolute atomic E-state index is 11.1. The molecule has 1 aromatic heterocycles. The number of nitrogens with two attached hydrogens (primary N) is 1. The molecule has 0 atom stereocenters. The van der Waals surface area contributed by atoms with Crippen LogP contribution < -0.4 is 17.0 Å². The molecule has 5 nitrogen and oxygen atoms in total. The number of fused-ring (bicyclic) bond motifs is 1. The Kier molecular flexibility index (Phi) is 1.60. The zero-order valence-electron chi connectivity index (χ0n) is 7.07. The van der Waals surface area contributed by atoms with Gasteiger partial charge in [0, 0.05) is 7.05 Å². The van der Waals surface area contributed by atoms with E-state index in [9.17, 15) is 4.79 Å². The maximum atomic E-state index is 11.1. The smallest absolute Gasteiger partial charge is 0.408 e. The van der Waals surface area contributed by atoms with Crippen LogP contribution in [0.2, 0.25) is 0 Å². The van der Waals surface area contributed by atoms with E-state index in [1.54, 1.807) is 25.2 Å². The number of nitrogens with one attached hydrogen (secondary N) is 1. The third-order valence-corrected chi connectivity index (χ3v) is 1.96. The highest BCUT2D eigenvalue weighted by Crippen LogP contribution is 2.16. The Labute approximate surface area is 73.7 Å². The molecule has 2 aromatic rings. The van der Waals surface area contributed by atoms with Gasteiger partial charge in [-0.3, -0.25) is 10.4 Å². The lowest BCUT2D eigenvalue weighted by Crippen LogP contribution is -2.09. The van der Waals surface area contributed by atoms with Crippen molar-refractivity contribution in [2.75, 3.05) is 5.43 Å². The molecular weight excluding hydrogens is 170 g/mol. The third kappa shape index (κ3) is 1.09. The fraction of sp³-hybridized carbons (Fsp3) is 0.125. The lowest BCUT2D eigenvalue weighted by atomic mass is 10.3. The van der Waals surface area contributed by atoms with Crippen molar-refractivity contribution in [2.45, 2.75) is 0 Å². The highest BCUT2D eigenvalue weighted by Gasteiger charge is 2.05. The standard InChI is InChI=1S/C8H9N3O2/c1-11-6-4-5(10-9)2-3-7(6)13-8(11)12/h2-4,10H,9H2,1H3. The summed E-state index contributed by atoms with van der Waals surface area (Å²) in [5.41, 5.74) is 4.52. The second-order valence-electron chi connectivity index (χ2n) is 2.75. The number of anilines is 1. The number of rotatable bonds is 1. The summed E-state index contributed by atoms with van der Waals surface area (Å²) in [7, 11) is 1.65. The topological polar surface area (TPSA) is 73.2 Å². The van der Waals surface area contributed by atoms with Gasteiger partial charge in [0.1, 0.15) is 0 Å². The molecule has 0 radical (unpaired) electrons. The van der Waals surface area contributed by atoms with Crippen LogP contribution in [0.5, 0.6) is 0 Å². The predicted molar refractivity (Wildman–Crippen MR) is 49.3 cm³/mol. The number of oxazole rings is 1. The van der Waals surface area contributed by atoms with Gasteiger partial charge in [-0.2, -0.15) is 0 Å². The summed E-state index contributed by atoms with van der Waals surface area (Å²) < 4.78 is 6.36. The average Bonchev–Trinajstić information content (AvgIpc) is 2.43. The molecule has 0 spiro atoms. The minimum Gasteiger partial charge on any atom is -0.408 e. The first kappa shape index (κ1) is 7.88. The summed E-state index contributed by atoms with van der Waals surface area (Å²) >= 11 is 0. The minimum absolute atomic E-state index is 0.371. The molecule has 5 heteroatoms. The van der Waals surface area contributed by atoms with E-state index in [1.165, 1.54) is 4.57 Å². The van der Waals surface area contributed by atoms with E-state index in [4.69, 9.17) is 10.3 Å². The van der Waals surface area contributed by atoms with Crippen molar-refractivity contribution in [2.24, 2.45) is 12.9 Å². The highest BCUT2D eigenvalue weighted by molar-refractivity contribution is 5.77. The molecule has 0 aliphatic heterocycles. The Balaban J connectivity index is 2.82. The molecule has 0 amide bonds. The van der Waals surface area contributed by atoms with Gasteiger partial charge in [0.2, 0.25) is 0 Å². The van der Waals surface area contributed by atoms with Gasteiger partial charge in [0.25, 0.3) is 0 Å². The van der Waals surface area contributed by atoms with Crippen molar-refractivity contribution in [3.05, 3.63) is 28.7 Å². The second-order valence-corrected chi connectivity index (χ2v) is 2.75. The van der Waals surface area contributed by atoms with Crippen LogP contribution in [-0.4, -0.2) is 4.57 Å². The number of nitrogens with zero attached hydrogens (tertiary/aromatic N) is 1. The monoisotopic (exact) mass is 179 g/mol. The molecule has 13 heavy (non-hydrogen) atoms. The van der Waals surface area contributed by atoms with Crippen LogP contribution in [0.4, 0.5) is 5.69 Å². The van der Waals surface area contributed by atoms with E-state index < -0.39 is 0 Å². The first-order chi connectivity index (χ1) is 6.22. The van der Waals surface area contributed by atoms with Crippen LogP contribution in [0.15, 0.2) is 27.4 Å². The van der Waals surface area contributed by atoms with Crippen molar-refractivity contribution in [1.29, 1.82) is 0 Å². The number of nitrogen functional groups attached to an aromatic ring is 1. The van der Waals surface area contributed by atoms with Crippen LogP contribution in [-0.2, 0) is 7.05 Å². The summed E-state index contributed by atoms with van der Waals surface area (Å²) in [4.78, 5) is 11.1. The first-order valence-electron chi connectivity index (χ1n) is 3.78. The molecule has 0 saturated heterocycles. The first-order valence-corrected chi connectivity index (χ1v) is 3.78. The SMILES string of the molecule is Cn1c(=O)oc2ccc(NN)cc21. The van der Waals surface area contributed by atoms with Gasteiger partial charge in [-0.05, 0) is 18.2 Å². The summed E-state index contributed by atoms with van der Waals surface area (Å²) in [6.45, 7) is 0. The molecule has 3 N–H and O–H groups in total. The molecule has 0 saturated carbocycles. The van der Waals surface area contributed by atoms with Crippen LogP contribution >= 0.6 is 0 Å². The Hall–Kier alpha value is -1.75. The van der Waals surface area contributed by atoms with Gasteiger partial charge in [-0.15, -0.1) is 0 Å². The van der Waals surface area contributed by atoms with Crippen molar-refractivity contribution < 1.29 is 4.42 Å². The summed E-state index contributed by atoms with van der Waals surface area (Å²) in [5.74, 6) is 4.86. The number of aryl methyl sites for hydroxylation is 1. The molecule has 1 aromatic carbocycles. The number of hydrogen-bond acceptors (Lipinski definition) is 4. The Morgan fingerprint density at radius 2 is 2.31 bits per heavy atom. The van der Waals surface area contributed by atoms with E-state index in [-0.39, 0.29) is 5.76 Å². The highest BCUT2D eigenvalue weighted by atomic mass is 16.4. The van der Waals surface area contributed by atoms with E-state index in [0.717, 1.165) is 11.2 Å². The van der Waals surface area contributed by atoms with E-state index in [2.05, 4.69) is 5.43 Å². The molecule has 0 aliphatic carbocycles. The van der Waals surface area contributed by atoms with Crippen LogP contribution in [0.1, 0.15) is 0 Å². The fourth-order valence-corrected chi connectivity index (χ4v) is 1.22. The number of aromatic nitrogens is 1. The van der Waals surface area contributed by atoms with E-state index in [0.29, 0.717) is 5.58 Å². The minimum atomic E-state index is -0.371. The summed E-state index contributed by atoms with van der Waals surface area (Å²) in [6.07, 6.45) is 0. The molecular formula is C8H9N3O2. The number of hydrazine groups is 1. The number of hydrogen-bond donors (Lipinski definition) is 2. The van der Waals surface area contributed by atoms with E-state index in [1.807, 2.05) is 0 Å².